The Morgan fingerprint density at radius 3 is 2.28 bits per heavy atom. The van der Waals surface area contributed by atoms with E-state index in [1.165, 1.54) is 5.56 Å². The summed E-state index contributed by atoms with van der Waals surface area (Å²) >= 11 is 0. The van der Waals surface area contributed by atoms with Gasteiger partial charge in [-0.3, -0.25) is 4.79 Å². The van der Waals surface area contributed by atoms with Crippen molar-refractivity contribution >= 4 is 5.91 Å². The lowest BCUT2D eigenvalue weighted by atomic mass is 10.1. The number of nitrogens with one attached hydrogen (secondary N) is 1. The van der Waals surface area contributed by atoms with Gasteiger partial charge in [-0.2, -0.15) is 0 Å². The van der Waals surface area contributed by atoms with Crippen LogP contribution >= 0.6 is 0 Å². The molecule has 2 atom stereocenters. The number of amides is 1. The minimum atomic E-state index is 0.151. The molecule has 0 bridgehead atoms. The van der Waals surface area contributed by atoms with E-state index in [0.29, 0.717) is 12.1 Å². The van der Waals surface area contributed by atoms with E-state index in [0.717, 1.165) is 25.1 Å². The molecule has 1 aliphatic rings. The highest BCUT2D eigenvalue weighted by atomic mass is 16.2. The average molecular weight is 246 g/mol. The highest BCUT2D eigenvalue weighted by molar-refractivity contribution is 5.94. The van der Waals surface area contributed by atoms with E-state index in [2.05, 4.69) is 26.1 Å². The fourth-order valence-electron chi connectivity index (χ4n) is 2.56. The van der Waals surface area contributed by atoms with Gasteiger partial charge in [-0.1, -0.05) is 19.1 Å². The number of rotatable bonds is 2. The maximum Gasteiger partial charge on any atom is 0.253 e. The highest BCUT2D eigenvalue weighted by Gasteiger charge is 2.25. The van der Waals surface area contributed by atoms with Gasteiger partial charge in [0.05, 0.1) is 0 Å². The zero-order chi connectivity index (χ0) is 13.1. The number of hydrogen-bond donors (Lipinski definition) is 1. The normalized spacial score (nSPS) is 24.1. The Balaban J connectivity index is 2.09. The molecule has 0 radical (unpaired) electrons. The van der Waals surface area contributed by atoms with Gasteiger partial charge in [0.15, 0.2) is 0 Å². The molecule has 3 heteroatoms. The Hall–Kier alpha value is -1.35. The smallest absolute Gasteiger partial charge is 0.253 e. The first kappa shape index (κ1) is 13.1. The molecule has 1 N–H and O–H groups in total. The summed E-state index contributed by atoms with van der Waals surface area (Å²) in [5.74, 6) is 0.151. The lowest BCUT2D eigenvalue weighted by molar-refractivity contribution is 0.0674. The van der Waals surface area contributed by atoms with Gasteiger partial charge in [0.1, 0.15) is 0 Å². The molecule has 2 rings (SSSR count). The minimum absolute atomic E-state index is 0.151. The quantitative estimate of drug-likeness (QED) is 0.866. The van der Waals surface area contributed by atoms with Crippen molar-refractivity contribution in [1.82, 2.24) is 10.2 Å². The van der Waals surface area contributed by atoms with Crippen molar-refractivity contribution in [2.24, 2.45) is 0 Å². The molecule has 1 fully saturated rings. The zero-order valence-corrected chi connectivity index (χ0v) is 11.4. The minimum Gasteiger partial charge on any atom is -0.336 e. The van der Waals surface area contributed by atoms with Crippen LogP contribution in [0.5, 0.6) is 0 Å². The highest BCUT2D eigenvalue weighted by Crippen LogP contribution is 2.12. The topological polar surface area (TPSA) is 32.3 Å². The molecule has 1 aromatic carbocycles. The maximum absolute atomic E-state index is 12.4. The van der Waals surface area contributed by atoms with Crippen molar-refractivity contribution in [2.45, 2.75) is 39.3 Å². The Morgan fingerprint density at radius 1 is 1.22 bits per heavy atom. The molecule has 1 aliphatic heterocycles. The van der Waals surface area contributed by atoms with Gasteiger partial charge in [-0.15, -0.1) is 0 Å². The second kappa shape index (κ2) is 5.53. The summed E-state index contributed by atoms with van der Waals surface area (Å²) in [6.45, 7) is 7.94. The number of benzene rings is 1. The lowest BCUT2D eigenvalue weighted by Gasteiger charge is -2.36. The third-order valence-corrected chi connectivity index (χ3v) is 3.45. The maximum atomic E-state index is 12.4. The summed E-state index contributed by atoms with van der Waals surface area (Å²) in [5, 5.41) is 3.44. The number of nitrogens with zero attached hydrogens (tertiary/aromatic N) is 1. The van der Waals surface area contributed by atoms with Gasteiger partial charge < -0.3 is 10.2 Å². The molecule has 0 aromatic heterocycles. The van der Waals surface area contributed by atoms with Gasteiger partial charge >= 0.3 is 0 Å². The van der Waals surface area contributed by atoms with Crippen LogP contribution in [0.2, 0.25) is 0 Å². The van der Waals surface area contributed by atoms with Crippen LogP contribution in [0.3, 0.4) is 0 Å². The first-order valence-electron chi connectivity index (χ1n) is 6.74. The Morgan fingerprint density at radius 2 is 1.78 bits per heavy atom. The van der Waals surface area contributed by atoms with Crippen LogP contribution in [0.4, 0.5) is 0 Å². The first-order valence-corrected chi connectivity index (χ1v) is 6.74. The van der Waals surface area contributed by atoms with Gasteiger partial charge in [-0.25, -0.2) is 0 Å². The van der Waals surface area contributed by atoms with Crippen molar-refractivity contribution in [2.75, 3.05) is 13.1 Å². The van der Waals surface area contributed by atoms with Crippen LogP contribution < -0.4 is 5.32 Å². The summed E-state index contributed by atoms with van der Waals surface area (Å²) in [4.78, 5) is 14.3. The lowest BCUT2D eigenvalue weighted by Crippen LogP contribution is -2.55. The van der Waals surface area contributed by atoms with E-state index in [1.807, 2.05) is 29.2 Å². The SMILES string of the molecule is CCc1ccc(C(=O)N2CC(C)NC(C)C2)cc1. The number of aryl methyl sites for hydroxylation is 1. The molecule has 0 saturated carbocycles. The Bertz CT molecular complexity index is 403. The fourth-order valence-corrected chi connectivity index (χ4v) is 2.56. The molecule has 18 heavy (non-hydrogen) atoms. The molecule has 98 valence electrons. The molecule has 1 saturated heterocycles. The molecule has 3 nitrogen and oxygen atoms in total. The molecule has 1 amide bonds. The van der Waals surface area contributed by atoms with Crippen LogP contribution in [-0.4, -0.2) is 36.0 Å². The van der Waals surface area contributed by atoms with Gasteiger partial charge in [0.2, 0.25) is 0 Å². The van der Waals surface area contributed by atoms with Crippen LogP contribution in [0.25, 0.3) is 0 Å². The van der Waals surface area contributed by atoms with Crippen molar-refractivity contribution in [3.8, 4) is 0 Å². The molecule has 2 unspecified atom stereocenters. The van der Waals surface area contributed by atoms with Gasteiger partial charge in [-0.05, 0) is 38.0 Å². The number of carbonyl (C=O) groups is 1. The summed E-state index contributed by atoms with van der Waals surface area (Å²) in [6, 6.07) is 8.71. The van der Waals surface area contributed by atoms with Crippen molar-refractivity contribution in [1.29, 1.82) is 0 Å². The van der Waals surface area contributed by atoms with E-state index in [1.54, 1.807) is 0 Å². The van der Waals surface area contributed by atoms with Gasteiger partial charge in [0.25, 0.3) is 5.91 Å². The van der Waals surface area contributed by atoms with E-state index in [-0.39, 0.29) is 5.91 Å². The van der Waals surface area contributed by atoms with Crippen LogP contribution in [0.1, 0.15) is 36.7 Å². The standard InChI is InChI=1S/C15H22N2O/c1-4-13-5-7-14(8-6-13)15(18)17-9-11(2)16-12(3)10-17/h5-8,11-12,16H,4,9-10H2,1-3H3. The average Bonchev–Trinajstić information content (AvgIpc) is 2.37. The summed E-state index contributed by atoms with van der Waals surface area (Å²) in [5.41, 5.74) is 2.07. The predicted octanol–water partition coefficient (Wildman–Crippen LogP) is 2.07. The molecular formula is C15H22N2O. The van der Waals surface area contributed by atoms with E-state index in [4.69, 9.17) is 0 Å². The van der Waals surface area contributed by atoms with Crippen LogP contribution in [-0.2, 0) is 6.42 Å². The number of piperazine rings is 1. The third kappa shape index (κ3) is 2.91. The van der Waals surface area contributed by atoms with Crippen molar-refractivity contribution in [3.63, 3.8) is 0 Å². The monoisotopic (exact) mass is 246 g/mol. The number of carbonyl (C=O) groups excluding carboxylic acids is 1. The predicted molar refractivity (Wildman–Crippen MR) is 73.8 cm³/mol. The van der Waals surface area contributed by atoms with E-state index >= 15 is 0 Å². The van der Waals surface area contributed by atoms with E-state index < -0.39 is 0 Å². The Kier molecular flexibility index (Phi) is 4.02. The fraction of sp³-hybridized carbons (Fsp3) is 0.533. The molecular weight excluding hydrogens is 224 g/mol. The van der Waals surface area contributed by atoms with Crippen LogP contribution in [0, 0.1) is 0 Å². The zero-order valence-electron chi connectivity index (χ0n) is 11.4. The molecule has 0 spiro atoms. The second-order valence-corrected chi connectivity index (χ2v) is 5.23. The van der Waals surface area contributed by atoms with Crippen molar-refractivity contribution in [3.05, 3.63) is 35.4 Å². The summed E-state index contributed by atoms with van der Waals surface area (Å²) in [7, 11) is 0. The molecule has 1 heterocycles. The summed E-state index contributed by atoms with van der Waals surface area (Å²) in [6.07, 6.45) is 1.01. The second-order valence-electron chi connectivity index (χ2n) is 5.23. The van der Waals surface area contributed by atoms with Crippen LogP contribution in [0.15, 0.2) is 24.3 Å². The number of hydrogen-bond acceptors (Lipinski definition) is 2. The summed E-state index contributed by atoms with van der Waals surface area (Å²) < 4.78 is 0. The van der Waals surface area contributed by atoms with E-state index in [9.17, 15) is 4.79 Å². The Labute approximate surface area is 109 Å². The largest absolute Gasteiger partial charge is 0.336 e. The van der Waals surface area contributed by atoms with Gasteiger partial charge in [0, 0.05) is 30.7 Å². The molecule has 1 aromatic rings. The first-order chi connectivity index (χ1) is 8.60. The van der Waals surface area contributed by atoms with Crippen molar-refractivity contribution < 1.29 is 4.79 Å². The third-order valence-electron chi connectivity index (χ3n) is 3.45. The molecule has 0 aliphatic carbocycles.